The first-order valence-electron chi connectivity index (χ1n) is 7.32. The Morgan fingerprint density at radius 3 is 2.80 bits per heavy atom. The Hall–Kier alpha value is -1.62. The van der Waals surface area contributed by atoms with Crippen molar-refractivity contribution < 1.29 is 0 Å². The second kappa shape index (κ2) is 5.05. The molecule has 0 saturated carbocycles. The van der Waals surface area contributed by atoms with Crippen molar-refractivity contribution in [2.75, 3.05) is 32.1 Å². The second-order valence-corrected chi connectivity index (χ2v) is 6.15. The number of fused-ring (bicyclic) bond motifs is 1. The quantitative estimate of drug-likeness (QED) is 0.857. The SMILES string of the molecule is CC(C)c1cc(N2CC[C@H](N(C)C)C2)n2nccc2n1. The molecule has 0 amide bonds. The lowest BCUT2D eigenvalue weighted by Crippen LogP contribution is -2.32. The van der Waals surface area contributed by atoms with E-state index in [9.17, 15) is 0 Å². The van der Waals surface area contributed by atoms with Crippen LogP contribution >= 0.6 is 0 Å². The van der Waals surface area contributed by atoms with E-state index in [4.69, 9.17) is 0 Å². The molecule has 20 heavy (non-hydrogen) atoms. The number of aromatic nitrogens is 3. The molecule has 0 N–H and O–H groups in total. The highest BCUT2D eigenvalue weighted by Crippen LogP contribution is 2.25. The van der Waals surface area contributed by atoms with E-state index in [1.807, 2.05) is 16.8 Å². The molecule has 0 aliphatic carbocycles. The van der Waals surface area contributed by atoms with Gasteiger partial charge in [-0.05, 0) is 26.4 Å². The summed E-state index contributed by atoms with van der Waals surface area (Å²) in [5.41, 5.74) is 2.08. The molecule has 1 saturated heterocycles. The first-order valence-corrected chi connectivity index (χ1v) is 7.32. The summed E-state index contributed by atoms with van der Waals surface area (Å²) in [5.74, 6) is 1.61. The first-order chi connectivity index (χ1) is 9.56. The lowest BCUT2D eigenvalue weighted by atomic mass is 10.1. The predicted octanol–water partition coefficient (Wildman–Crippen LogP) is 1.99. The molecule has 0 radical (unpaired) electrons. The third kappa shape index (κ3) is 2.26. The zero-order valence-electron chi connectivity index (χ0n) is 12.7. The maximum absolute atomic E-state index is 4.68. The summed E-state index contributed by atoms with van der Waals surface area (Å²) in [6.07, 6.45) is 3.03. The molecule has 1 fully saturated rings. The van der Waals surface area contributed by atoms with Gasteiger partial charge in [0.1, 0.15) is 5.82 Å². The predicted molar refractivity (Wildman–Crippen MR) is 81.4 cm³/mol. The molecule has 0 aromatic carbocycles. The first kappa shape index (κ1) is 13.4. The van der Waals surface area contributed by atoms with Crippen LogP contribution in [0.3, 0.4) is 0 Å². The van der Waals surface area contributed by atoms with Crippen LogP contribution < -0.4 is 4.90 Å². The topological polar surface area (TPSA) is 36.7 Å². The van der Waals surface area contributed by atoms with E-state index in [2.05, 4.69) is 53.9 Å². The molecule has 0 unspecified atom stereocenters. The maximum atomic E-state index is 4.68. The average molecular weight is 273 g/mol. The molecular weight excluding hydrogens is 250 g/mol. The van der Waals surface area contributed by atoms with Gasteiger partial charge in [-0.3, -0.25) is 0 Å². The van der Waals surface area contributed by atoms with Crippen LogP contribution in [0.2, 0.25) is 0 Å². The van der Waals surface area contributed by atoms with E-state index < -0.39 is 0 Å². The summed E-state index contributed by atoms with van der Waals surface area (Å²) in [6, 6.07) is 4.80. The Morgan fingerprint density at radius 1 is 1.35 bits per heavy atom. The second-order valence-electron chi connectivity index (χ2n) is 6.15. The van der Waals surface area contributed by atoms with Crippen LogP contribution in [-0.2, 0) is 0 Å². The largest absolute Gasteiger partial charge is 0.355 e. The van der Waals surface area contributed by atoms with Crippen LogP contribution in [0.15, 0.2) is 18.3 Å². The van der Waals surface area contributed by atoms with Gasteiger partial charge in [0, 0.05) is 37.0 Å². The molecule has 2 aromatic heterocycles. The molecular formula is C15H23N5. The highest BCUT2D eigenvalue weighted by atomic mass is 15.4. The fourth-order valence-corrected chi connectivity index (χ4v) is 2.81. The fourth-order valence-electron chi connectivity index (χ4n) is 2.81. The summed E-state index contributed by atoms with van der Waals surface area (Å²) in [6.45, 7) is 6.51. The van der Waals surface area contributed by atoms with E-state index in [-0.39, 0.29) is 0 Å². The zero-order chi connectivity index (χ0) is 14.3. The van der Waals surface area contributed by atoms with Crippen LogP contribution in [0, 0.1) is 0 Å². The summed E-state index contributed by atoms with van der Waals surface area (Å²) in [7, 11) is 4.31. The van der Waals surface area contributed by atoms with Crippen molar-refractivity contribution in [2.45, 2.75) is 32.2 Å². The van der Waals surface area contributed by atoms with Crippen LogP contribution in [-0.4, -0.2) is 52.7 Å². The molecule has 1 aliphatic rings. The van der Waals surface area contributed by atoms with E-state index in [0.717, 1.165) is 24.4 Å². The van der Waals surface area contributed by atoms with Gasteiger partial charge in [-0.15, -0.1) is 0 Å². The van der Waals surface area contributed by atoms with E-state index in [1.54, 1.807) is 0 Å². The Morgan fingerprint density at radius 2 is 2.15 bits per heavy atom. The summed E-state index contributed by atoms with van der Waals surface area (Å²) >= 11 is 0. The molecule has 2 aromatic rings. The van der Waals surface area contributed by atoms with Gasteiger partial charge >= 0.3 is 0 Å². The Bertz CT molecular complexity index is 601. The Kier molecular flexibility index (Phi) is 3.38. The van der Waals surface area contributed by atoms with Gasteiger partial charge in [-0.1, -0.05) is 13.8 Å². The maximum Gasteiger partial charge on any atom is 0.157 e. The molecule has 3 heterocycles. The summed E-state index contributed by atoms with van der Waals surface area (Å²) < 4.78 is 1.96. The Balaban J connectivity index is 2.00. The molecule has 5 heteroatoms. The third-order valence-electron chi connectivity index (χ3n) is 4.17. The molecule has 1 atom stereocenters. The van der Waals surface area contributed by atoms with Gasteiger partial charge in [0.2, 0.25) is 0 Å². The normalized spacial score (nSPS) is 19.7. The van der Waals surface area contributed by atoms with Crippen molar-refractivity contribution in [3.8, 4) is 0 Å². The average Bonchev–Trinajstić information content (AvgIpc) is 3.06. The van der Waals surface area contributed by atoms with Crippen molar-refractivity contribution in [3.05, 3.63) is 24.0 Å². The molecule has 5 nitrogen and oxygen atoms in total. The van der Waals surface area contributed by atoms with Gasteiger partial charge in [-0.2, -0.15) is 9.61 Å². The minimum atomic E-state index is 0.431. The molecule has 0 spiro atoms. The molecule has 0 bridgehead atoms. The number of hydrogen-bond donors (Lipinski definition) is 0. The van der Waals surface area contributed by atoms with Gasteiger partial charge in [0.25, 0.3) is 0 Å². The third-order valence-corrected chi connectivity index (χ3v) is 4.17. The summed E-state index contributed by atoms with van der Waals surface area (Å²) in [5, 5.41) is 4.43. The van der Waals surface area contributed by atoms with Gasteiger partial charge in [0.15, 0.2) is 5.65 Å². The van der Waals surface area contributed by atoms with E-state index in [0.29, 0.717) is 12.0 Å². The minimum absolute atomic E-state index is 0.431. The molecule has 108 valence electrons. The number of hydrogen-bond acceptors (Lipinski definition) is 4. The van der Waals surface area contributed by atoms with Crippen LogP contribution in [0.5, 0.6) is 0 Å². The zero-order valence-corrected chi connectivity index (χ0v) is 12.7. The number of nitrogens with zero attached hydrogens (tertiary/aromatic N) is 5. The van der Waals surface area contributed by atoms with E-state index in [1.165, 1.54) is 12.2 Å². The highest BCUT2D eigenvalue weighted by molar-refractivity contribution is 5.52. The van der Waals surface area contributed by atoms with Gasteiger partial charge in [-0.25, -0.2) is 4.98 Å². The standard InChI is InChI=1S/C15H23N5/c1-11(2)13-9-15(20-14(17-13)5-7-16-20)19-8-6-12(10-19)18(3)4/h5,7,9,11-12H,6,8,10H2,1-4H3/t12-/m0/s1. The number of likely N-dealkylation sites (N-methyl/N-ethyl adjacent to an activating group) is 1. The van der Waals surface area contributed by atoms with Crippen LogP contribution in [0.25, 0.3) is 5.65 Å². The number of rotatable bonds is 3. The highest BCUT2D eigenvalue weighted by Gasteiger charge is 2.26. The smallest absolute Gasteiger partial charge is 0.157 e. The van der Waals surface area contributed by atoms with Crippen LogP contribution in [0.4, 0.5) is 5.82 Å². The monoisotopic (exact) mass is 273 g/mol. The molecule has 3 rings (SSSR count). The fraction of sp³-hybridized carbons (Fsp3) is 0.600. The lowest BCUT2D eigenvalue weighted by Gasteiger charge is -2.23. The number of anilines is 1. The van der Waals surface area contributed by atoms with Crippen molar-refractivity contribution in [3.63, 3.8) is 0 Å². The lowest BCUT2D eigenvalue weighted by molar-refractivity contribution is 0.315. The molecule has 1 aliphatic heterocycles. The van der Waals surface area contributed by atoms with E-state index >= 15 is 0 Å². The van der Waals surface area contributed by atoms with Crippen molar-refractivity contribution in [2.24, 2.45) is 0 Å². The van der Waals surface area contributed by atoms with Crippen molar-refractivity contribution >= 4 is 11.5 Å². The van der Waals surface area contributed by atoms with Gasteiger partial charge < -0.3 is 9.80 Å². The Labute approximate surface area is 120 Å². The minimum Gasteiger partial charge on any atom is -0.355 e. The van der Waals surface area contributed by atoms with Crippen molar-refractivity contribution in [1.29, 1.82) is 0 Å². The van der Waals surface area contributed by atoms with Crippen LogP contribution in [0.1, 0.15) is 31.9 Å². The summed E-state index contributed by atoms with van der Waals surface area (Å²) in [4.78, 5) is 9.42. The van der Waals surface area contributed by atoms with Gasteiger partial charge in [0.05, 0.1) is 6.20 Å². The van der Waals surface area contributed by atoms with Crippen molar-refractivity contribution in [1.82, 2.24) is 19.5 Å².